The van der Waals surface area contributed by atoms with Crippen molar-refractivity contribution in [3.05, 3.63) is 20.5 Å². The molecule has 1 fully saturated rings. The molecule has 116 valence electrons. The van der Waals surface area contributed by atoms with E-state index < -0.39 is 32.1 Å². The molecule has 11 heteroatoms. The summed E-state index contributed by atoms with van der Waals surface area (Å²) in [6.07, 6.45) is 0.589. The molecule has 1 unspecified atom stereocenters. The van der Waals surface area contributed by atoms with Gasteiger partial charge >= 0.3 is 5.97 Å². The molecule has 0 aliphatic carbocycles. The lowest BCUT2D eigenvalue weighted by atomic mass is 10.0. The maximum absolute atomic E-state index is 12.5. The highest BCUT2D eigenvalue weighted by Gasteiger charge is 2.50. The van der Waals surface area contributed by atoms with Crippen LogP contribution in [0.15, 0.2) is 10.3 Å². The molecule has 1 aliphatic heterocycles. The summed E-state index contributed by atoms with van der Waals surface area (Å²) in [5, 5.41) is 20.0. The van der Waals surface area contributed by atoms with Crippen molar-refractivity contribution in [3.63, 3.8) is 0 Å². The van der Waals surface area contributed by atoms with Gasteiger partial charge in [-0.2, -0.15) is 4.31 Å². The molecule has 0 radical (unpaired) electrons. The van der Waals surface area contributed by atoms with Crippen LogP contribution in [0.4, 0.5) is 5.69 Å². The van der Waals surface area contributed by atoms with Gasteiger partial charge in [0, 0.05) is 12.6 Å². The van der Waals surface area contributed by atoms with Crippen LogP contribution in [-0.2, 0) is 14.8 Å². The van der Waals surface area contributed by atoms with E-state index in [1.165, 1.54) is 6.92 Å². The first kappa shape index (κ1) is 16.1. The van der Waals surface area contributed by atoms with Crippen molar-refractivity contribution in [2.45, 2.75) is 29.5 Å². The largest absolute Gasteiger partial charge is 0.480 e. The van der Waals surface area contributed by atoms with E-state index >= 15 is 0 Å². The summed E-state index contributed by atoms with van der Waals surface area (Å²) in [5.74, 6) is -1.25. The first-order chi connectivity index (χ1) is 9.60. The molecule has 0 spiro atoms. The van der Waals surface area contributed by atoms with Crippen LogP contribution in [0, 0.1) is 10.1 Å². The van der Waals surface area contributed by atoms with E-state index in [1.54, 1.807) is 0 Å². The Labute approximate surface area is 129 Å². The molecule has 21 heavy (non-hydrogen) atoms. The van der Waals surface area contributed by atoms with E-state index in [9.17, 15) is 28.4 Å². The Kier molecular flexibility index (Phi) is 4.00. The van der Waals surface area contributed by atoms with Crippen LogP contribution in [0.2, 0.25) is 4.34 Å². The van der Waals surface area contributed by atoms with Gasteiger partial charge in [0.2, 0.25) is 0 Å². The van der Waals surface area contributed by atoms with Crippen molar-refractivity contribution in [3.8, 4) is 0 Å². The second-order valence-electron chi connectivity index (χ2n) is 4.74. The molecule has 1 atom stereocenters. The Balaban J connectivity index is 2.50. The van der Waals surface area contributed by atoms with Crippen LogP contribution in [0.3, 0.4) is 0 Å². The molecule has 1 aromatic rings. The van der Waals surface area contributed by atoms with E-state index in [0.29, 0.717) is 17.8 Å². The molecule has 8 nitrogen and oxygen atoms in total. The number of halogens is 1. The van der Waals surface area contributed by atoms with Gasteiger partial charge in [0.1, 0.15) is 9.75 Å². The quantitative estimate of drug-likeness (QED) is 0.652. The van der Waals surface area contributed by atoms with Crippen LogP contribution in [0.25, 0.3) is 0 Å². The minimum atomic E-state index is -4.14. The summed E-state index contributed by atoms with van der Waals surface area (Å²) in [7, 11) is -4.14. The highest BCUT2D eigenvalue weighted by atomic mass is 35.5. The summed E-state index contributed by atoms with van der Waals surface area (Å²) < 4.78 is 25.4. The Morgan fingerprint density at radius 1 is 1.62 bits per heavy atom. The van der Waals surface area contributed by atoms with Gasteiger partial charge < -0.3 is 5.11 Å². The molecule has 2 heterocycles. The van der Waals surface area contributed by atoms with Gasteiger partial charge in [0.05, 0.1) is 4.92 Å². The molecule has 0 aromatic carbocycles. The third-order valence-corrected chi connectivity index (χ3v) is 7.23. The van der Waals surface area contributed by atoms with Gasteiger partial charge in [-0.1, -0.05) is 11.6 Å². The molecular weight excluding hydrogens is 344 g/mol. The van der Waals surface area contributed by atoms with Gasteiger partial charge in [-0.25, -0.2) is 8.42 Å². The second-order valence-corrected chi connectivity index (χ2v) is 8.48. The summed E-state index contributed by atoms with van der Waals surface area (Å²) in [4.78, 5) is 21.3. The fourth-order valence-corrected chi connectivity index (χ4v) is 5.82. The minimum absolute atomic E-state index is 0.0500. The zero-order valence-electron chi connectivity index (χ0n) is 10.8. The van der Waals surface area contributed by atoms with Crippen molar-refractivity contribution >= 4 is 44.6 Å². The Hall–Kier alpha value is -1.23. The van der Waals surface area contributed by atoms with Gasteiger partial charge in [-0.05, 0) is 19.8 Å². The summed E-state index contributed by atoms with van der Waals surface area (Å²) in [6.45, 7) is 1.37. The monoisotopic (exact) mass is 354 g/mol. The predicted molar refractivity (Wildman–Crippen MR) is 75.2 cm³/mol. The number of nitro groups is 1. The standard InChI is InChI=1S/C10H11ClN2O6S2/c1-10(9(14)15)3-2-4-12(10)21(18,19)7-5-6(13(16)17)8(11)20-7/h5H,2-4H2,1H3,(H,14,15). The molecule has 2 rings (SSSR count). The second kappa shape index (κ2) is 5.20. The zero-order chi connectivity index (χ0) is 16.0. The Bertz CT molecular complexity index is 715. The molecule has 1 N–H and O–H groups in total. The normalized spacial score (nSPS) is 23.3. The fourth-order valence-electron chi connectivity index (χ4n) is 2.24. The third-order valence-electron chi connectivity index (χ3n) is 3.42. The van der Waals surface area contributed by atoms with Crippen LogP contribution < -0.4 is 0 Å². The van der Waals surface area contributed by atoms with E-state index in [-0.39, 0.29) is 21.5 Å². The lowest BCUT2D eigenvalue weighted by molar-refractivity contribution is -0.384. The van der Waals surface area contributed by atoms with Crippen LogP contribution in [-0.4, -0.2) is 40.8 Å². The van der Waals surface area contributed by atoms with E-state index in [4.69, 9.17) is 11.6 Å². The first-order valence-electron chi connectivity index (χ1n) is 5.80. The number of hydrogen-bond acceptors (Lipinski definition) is 6. The van der Waals surface area contributed by atoms with Crippen LogP contribution in [0.1, 0.15) is 19.8 Å². The van der Waals surface area contributed by atoms with E-state index in [0.717, 1.165) is 10.4 Å². The maximum Gasteiger partial charge on any atom is 0.324 e. The number of hydrogen-bond donors (Lipinski definition) is 1. The number of rotatable bonds is 4. The molecule has 0 amide bonds. The average molecular weight is 355 g/mol. The predicted octanol–water partition coefficient (Wildman–Crippen LogP) is 1.94. The number of aliphatic carboxylic acids is 1. The van der Waals surface area contributed by atoms with Crippen molar-refractivity contribution in [2.24, 2.45) is 0 Å². The lowest BCUT2D eigenvalue weighted by Gasteiger charge is -2.29. The zero-order valence-corrected chi connectivity index (χ0v) is 13.2. The van der Waals surface area contributed by atoms with E-state index in [1.807, 2.05) is 0 Å². The number of thiophene rings is 1. The number of carboxylic acid groups (broad SMARTS) is 1. The first-order valence-corrected chi connectivity index (χ1v) is 8.44. The van der Waals surface area contributed by atoms with Gasteiger partial charge in [0.25, 0.3) is 15.7 Å². The Morgan fingerprint density at radius 3 is 2.71 bits per heavy atom. The molecule has 1 saturated heterocycles. The smallest absolute Gasteiger partial charge is 0.324 e. The molecule has 0 saturated carbocycles. The van der Waals surface area contributed by atoms with Crippen LogP contribution in [0.5, 0.6) is 0 Å². The lowest BCUT2D eigenvalue weighted by Crippen LogP contribution is -2.50. The molecule has 0 bridgehead atoms. The molecular formula is C10H11ClN2O6S2. The summed E-state index contributed by atoms with van der Waals surface area (Å²) in [5.41, 5.74) is -2.05. The minimum Gasteiger partial charge on any atom is -0.480 e. The van der Waals surface area contributed by atoms with Crippen molar-refractivity contribution in [1.82, 2.24) is 4.31 Å². The fraction of sp³-hybridized carbons (Fsp3) is 0.500. The van der Waals surface area contributed by atoms with Crippen molar-refractivity contribution in [2.75, 3.05) is 6.54 Å². The third kappa shape index (κ3) is 2.52. The average Bonchev–Trinajstić information content (AvgIpc) is 2.94. The van der Waals surface area contributed by atoms with Gasteiger partial charge in [0.15, 0.2) is 4.34 Å². The number of sulfonamides is 1. The SMILES string of the molecule is CC1(C(=O)O)CCCN1S(=O)(=O)c1cc([N+](=O)[O-])c(Cl)s1. The van der Waals surface area contributed by atoms with Gasteiger partial charge in [-0.3, -0.25) is 14.9 Å². The highest BCUT2D eigenvalue weighted by Crippen LogP contribution is 2.41. The number of carbonyl (C=O) groups is 1. The van der Waals surface area contributed by atoms with E-state index in [2.05, 4.69) is 0 Å². The number of nitrogens with zero attached hydrogens (tertiary/aromatic N) is 2. The summed E-state index contributed by atoms with van der Waals surface area (Å²) in [6, 6.07) is 0.864. The van der Waals surface area contributed by atoms with Crippen molar-refractivity contribution in [1.29, 1.82) is 0 Å². The topological polar surface area (TPSA) is 118 Å². The highest BCUT2D eigenvalue weighted by molar-refractivity contribution is 7.91. The number of carboxylic acids is 1. The maximum atomic E-state index is 12.5. The van der Waals surface area contributed by atoms with Crippen molar-refractivity contribution < 1.29 is 23.2 Å². The summed E-state index contributed by atoms with van der Waals surface area (Å²) >= 11 is 6.21. The van der Waals surface area contributed by atoms with Crippen LogP contribution >= 0.6 is 22.9 Å². The Morgan fingerprint density at radius 2 is 2.24 bits per heavy atom. The molecule has 1 aromatic heterocycles. The van der Waals surface area contributed by atoms with Gasteiger partial charge in [-0.15, -0.1) is 11.3 Å². The molecule has 1 aliphatic rings.